The molecule has 1 atom stereocenters. The van der Waals surface area contributed by atoms with Crippen LogP contribution < -0.4 is 0 Å². The van der Waals surface area contributed by atoms with Crippen molar-refractivity contribution in [2.24, 2.45) is 0 Å². The predicted octanol–water partition coefficient (Wildman–Crippen LogP) is 1.82. The lowest BCUT2D eigenvalue weighted by atomic mass is 10.1. The van der Waals surface area contributed by atoms with Crippen LogP contribution in [-0.4, -0.2) is 16.1 Å². The Morgan fingerprint density at radius 1 is 1.58 bits per heavy atom. The van der Waals surface area contributed by atoms with Gasteiger partial charge in [0.15, 0.2) is 0 Å². The first kappa shape index (κ1) is 8.84. The van der Waals surface area contributed by atoms with E-state index in [-0.39, 0.29) is 0 Å². The van der Waals surface area contributed by atoms with Crippen LogP contribution in [-0.2, 0) is 4.79 Å². The number of rotatable bonds is 2. The number of aryl methyl sites for hydroxylation is 2. The molecule has 0 fully saturated rings. The van der Waals surface area contributed by atoms with Gasteiger partial charge in [-0.1, -0.05) is 0 Å². The highest BCUT2D eigenvalue weighted by Crippen LogP contribution is 2.19. The fourth-order valence-electron chi connectivity index (χ4n) is 1.32. The molecule has 1 heterocycles. The van der Waals surface area contributed by atoms with Crippen molar-refractivity contribution < 1.29 is 9.90 Å². The minimum absolute atomic E-state index is 0.446. The van der Waals surface area contributed by atoms with Crippen LogP contribution in [0.5, 0.6) is 0 Å². The smallest absolute Gasteiger partial charge is 0.312 e. The van der Waals surface area contributed by atoms with E-state index >= 15 is 0 Å². The molecule has 0 aromatic carbocycles. The van der Waals surface area contributed by atoms with E-state index in [2.05, 4.69) is 4.98 Å². The van der Waals surface area contributed by atoms with Crippen molar-refractivity contribution in [3.8, 4) is 0 Å². The largest absolute Gasteiger partial charge is 0.481 e. The number of hydrogen-bond acceptors (Lipinski definition) is 1. The number of nitrogens with one attached hydrogen (secondary N) is 1. The fourth-order valence-corrected chi connectivity index (χ4v) is 1.32. The third-order valence-corrected chi connectivity index (χ3v) is 1.99. The maximum atomic E-state index is 10.6. The van der Waals surface area contributed by atoms with Crippen LogP contribution in [0.1, 0.15) is 29.8 Å². The van der Waals surface area contributed by atoms with E-state index in [1.807, 2.05) is 19.9 Å². The van der Waals surface area contributed by atoms with E-state index in [4.69, 9.17) is 5.11 Å². The van der Waals surface area contributed by atoms with Gasteiger partial charge in [-0.25, -0.2) is 0 Å². The van der Waals surface area contributed by atoms with Gasteiger partial charge >= 0.3 is 5.97 Å². The van der Waals surface area contributed by atoms with Gasteiger partial charge in [-0.3, -0.25) is 4.79 Å². The highest BCUT2D eigenvalue weighted by atomic mass is 16.4. The second kappa shape index (κ2) is 3.01. The topological polar surface area (TPSA) is 53.1 Å². The molecule has 1 rings (SSSR count). The monoisotopic (exact) mass is 167 g/mol. The zero-order valence-electron chi connectivity index (χ0n) is 7.51. The molecule has 1 aromatic rings. The Labute approximate surface area is 71.4 Å². The van der Waals surface area contributed by atoms with E-state index in [9.17, 15) is 4.79 Å². The van der Waals surface area contributed by atoms with Gasteiger partial charge in [0.05, 0.1) is 5.92 Å². The van der Waals surface area contributed by atoms with Gasteiger partial charge in [-0.15, -0.1) is 0 Å². The normalized spacial score (nSPS) is 12.9. The summed E-state index contributed by atoms with van der Waals surface area (Å²) in [5.74, 6) is -1.24. The highest BCUT2D eigenvalue weighted by Gasteiger charge is 2.17. The van der Waals surface area contributed by atoms with Crippen molar-refractivity contribution in [3.05, 3.63) is 23.0 Å². The van der Waals surface area contributed by atoms with E-state index < -0.39 is 11.9 Å². The molecular weight excluding hydrogens is 154 g/mol. The first-order valence-corrected chi connectivity index (χ1v) is 3.91. The van der Waals surface area contributed by atoms with Crippen molar-refractivity contribution >= 4 is 5.97 Å². The lowest BCUT2D eigenvalue weighted by Gasteiger charge is -2.04. The van der Waals surface area contributed by atoms with Gasteiger partial charge < -0.3 is 10.1 Å². The van der Waals surface area contributed by atoms with Crippen LogP contribution in [0.15, 0.2) is 6.07 Å². The summed E-state index contributed by atoms with van der Waals surface area (Å²) in [6.07, 6.45) is 0. The van der Waals surface area contributed by atoms with Gasteiger partial charge in [-0.05, 0) is 32.4 Å². The van der Waals surface area contributed by atoms with Crippen LogP contribution in [0.3, 0.4) is 0 Å². The second-order valence-corrected chi connectivity index (χ2v) is 3.11. The summed E-state index contributed by atoms with van der Waals surface area (Å²) in [7, 11) is 0. The first-order chi connectivity index (χ1) is 5.52. The summed E-state index contributed by atoms with van der Waals surface area (Å²) in [6.45, 7) is 5.52. The molecule has 1 unspecified atom stereocenters. The third kappa shape index (κ3) is 1.49. The average Bonchev–Trinajstić information content (AvgIpc) is 2.28. The Morgan fingerprint density at radius 3 is 2.50 bits per heavy atom. The van der Waals surface area contributed by atoms with E-state index in [1.165, 1.54) is 0 Å². The van der Waals surface area contributed by atoms with Crippen molar-refractivity contribution in [1.82, 2.24) is 4.98 Å². The Bertz CT molecular complexity index is 301. The predicted molar refractivity (Wildman–Crippen MR) is 46.3 cm³/mol. The summed E-state index contributed by atoms with van der Waals surface area (Å²) in [4.78, 5) is 13.7. The SMILES string of the molecule is Cc1cc(C)c(C(C)C(=O)O)[nH]1. The van der Waals surface area contributed by atoms with Gasteiger partial charge in [0.2, 0.25) is 0 Å². The summed E-state index contributed by atoms with van der Waals surface area (Å²) < 4.78 is 0. The number of H-pyrrole nitrogens is 1. The third-order valence-electron chi connectivity index (χ3n) is 1.99. The molecule has 0 saturated carbocycles. The highest BCUT2D eigenvalue weighted by molar-refractivity contribution is 5.75. The van der Waals surface area contributed by atoms with Gasteiger partial charge in [0, 0.05) is 11.4 Å². The van der Waals surface area contributed by atoms with Crippen molar-refractivity contribution in [1.29, 1.82) is 0 Å². The van der Waals surface area contributed by atoms with Gasteiger partial charge in [0.25, 0.3) is 0 Å². The average molecular weight is 167 g/mol. The lowest BCUT2D eigenvalue weighted by Crippen LogP contribution is -2.08. The Hall–Kier alpha value is -1.25. The summed E-state index contributed by atoms with van der Waals surface area (Å²) >= 11 is 0. The lowest BCUT2D eigenvalue weighted by molar-refractivity contribution is -0.138. The molecule has 0 aliphatic heterocycles. The molecule has 1 aromatic heterocycles. The summed E-state index contributed by atoms with van der Waals surface area (Å²) in [5.41, 5.74) is 2.83. The van der Waals surface area contributed by atoms with Crippen molar-refractivity contribution in [2.75, 3.05) is 0 Å². The standard InChI is InChI=1S/C9H13NO2/c1-5-4-6(2)10-8(5)7(3)9(11)12/h4,7,10H,1-3H3,(H,11,12). The molecule has 0 aliphatic carbocycles. The zero-order chi connectivity index (χ0) is 9.30. The number of carbonyl (C=O) groups is 1. The number of carboxylic acids is 1. The first-order valence-electron chi connectivity index (χ1n) is 3.91. The number of aromatic amines is 1. The summed E-state index contributed by atoms with van der Waals surface area (Å²) in [6, 6.07) is 1.95. The van der Waals surface area contributed by atoms with Gasteiger partial charge in [0.1, 0.15) is 0 Å². The van der Waals surface area contributed by atoms with Crippen LogP contribution in [0.2, 0.25) is 0 Å². The molecule has 0 amide bonds. The van der Waals surface area contributed by atoms with Crippen LogP contribution >= 0.6 is 0 Å². The van der Waals surface area contributed by atoms with E-state index in [1.54, 1.807) is 6.92 Å². The molecule has 3 nitrogen and oxygen atoms in total. The van der Waals surface area contributed by atoms with Crippen LogP contribution in [0, 0.1) is 13.8 Å². The minimum Gasteiger partial charge on any atom is -0.481 e. The van der Waals surface area contributed by atoms with E-state index in [0.717, 1.165) is 17.0 Å². The fraction of sp³-hybridized carbons (Fsp3) is 0.444. The van der Waals surface area contributed by atoms with Gasteiger partial charge in [-0.2, -0.15) is 0 Å². The molecule has 0 aliphatic rings. The number of carboxylic acid groups (broad SMARTS) is 1. The molecule has 2 N–H and O–H groups in total. The second-order valence-electron chi connectivity index (χ2n) is 3.11. The number of aromatic nitrogens is 1. The zero-order valence-corrected chi connectivity index (χ0v) is 7.51. The summed E-state index contributed by atoms with van der Waals surface area (Å²) in [5, 5.41) is 8.75. The van der Waals surface area contributed by atoms with Crippen molar-refractivity contribution in [3.63, 3.8) is 0 Å². The molecule has 66 valence electrons. The molecule has 0 spiro atoms. The quantitative estimate of drug-likeness (QED) is 0.705. The molecule has 12 heavy (non-hydrogen) atoms. The van der Waals surface area contributed by atoms with Crippen molar-refractivity contribution in [2.45, 2.75) is 26.7 Å². The molecule has 0 radical (unpaired) electrons. The number of aliphatic carboxylic acids is 1. The number of hydrogen-bond donors (Lipinski definition) is 2. The minimum atomic E-state index is -0.792. The van der Waals surface area contributed by atoms with E-state index in [0.29, 0.717) is 0 Å². The molecule has 0 saturated heterocycles. The Morgan fingerprint density at radius 2 is 2.17 bits per heavy atom. The molecular formula is C9H13NO2. The van der Waals surface area contributed by atoms with Crippen LogP contribution in [0.4, 0.5) is 0 Å². The Kier molecular flexibility index (Phi) is 2.22. The maximum Gasteiger partial charge on any atom is 0.312 e. The van der Waals surface area contributed by atoms with Crippen LogP contribution in [0.25, 0.3) is 0 Å². The molecule has 3 heteroatoms. The Balaban J connectivity index is 3.02. The molecule has 0 bridgehead atoms. The maximum absolute atomic E-state index is 10.6.